The van der Waals surface area contributed by atoms with Gasteiger partial charge in [-0.1, -0.05) is 24.3 Å². The van der Waals surface area contributed by atoms with E-state index in [0.29, 0.717) is 17.7 Å². The Morgan fingerprint density at radius 2 is 1.76 bits per heavy atom. The monoisotopic (exact) mass is 302 g/mol. The van der Waals surface area contributed by atoms with Crippen molar-refractivity contribution in [3.8, 4) is 0 Å². The fourth-order valence-electron chi connectivity index (χ4n) is 2.16. The van der Waals surface area contributed by atoms with Gasteiger partial charge in [0.05, 0.1) is 4.91 Å². The summed E-state index contributed by atoms with van der Waals surface area (Å²) in [7, 11) is -3.60. The van der Waals surface area contributed by atoms with E-state index >= 15 is 0 Å². The molecule has 21 heavy (non-hydrogen) atoms. The van der Waals surface area contributed by atoms with E-state index in [2.05, 4.69) is 20.2 Å². The smallest absolute Gasteiger partial charge is 0.253 e. The van der Waals surface area contributed by atoms with Crippen molar-refractivity contribution in [2.45, 2.75) is 12.8 Å². The van der Waals surface area contributed by atoms with E-state index in [-0.39, 0.29) is 5.95 Å². The van der Waals surface area contributed by atoms with Crippen LogP contribution in [0.1, 0.15) is 17.5 Å². The summed E-state index contributed by atoms with van der Waals surface area (Å²) in [5.41, 5.74) is 4.61. The third-order valence-electron chi connectivity index (χ3n) is 3.22. The highest BCUT2D eigenvalue weighted by Gasteiger charge is 2.21. The van der Waals surface area contributed by atoms with Crippen LogP contribution in [0.25, 0.3) is 6.08 Å². The van der Waals surface area contributed by atoms with Crippen molar-refractivity contribution >= 4 is 22.0 Å². The summed E-state index contributed by atoms with van der Waals surface area (Å²) in [5, 5.41) is 0. The number of benzene rings is 1. The summed E-state index contributed by atoms with van der Waals surface area (Å²) in [6.45, 7) is 0. The lowest BCUT2D eigenvalue weighted by molar-refractivity contribution is 0.591. The number of nitrogens with one attached hydrogen (secondary N) is 2. The van der Waals surface area contributed by atoms with Crippen LogP contribution in [0.3, 0.4) is 0 Å². The Bertz CT molecular complexity index is 773. The van der Waals surface area contributed by atoms with E-state index in [1.54, 1.807) is 12.1 Å². The fraction of sp³-hybridized carbons (Fsp3) is 0.143. The maximum Gasteiger partial charge on any atom is 0.253 e. The molecule has 0 aliphatic heterocycles. The number of hydrazine groups is 1. The van der Waals surface area contributed by atoms with E-state index in [4.69, 9.17) is 0 Å². The van der Waals surface area contributed by atoms with Gasteiger partial charge in [-0.3, -0.25) is 5.43 Å². The Kier molecular flexibility index (Phi) is 3.68. The first-order valence-electron chi connectivity index (χ1n) is 6.48. The number of fused-ring (bicyclic) bond motifs is 1. The Morgan fingerprint density at radius 3 is 2.57 bits per heavy atom. The SMILES string of the molecule is O=S(=O)(NNc1ncccn1)C1=Cc2ccccc2CC1. The zero-order valence-electron chi connectivity index (χ0n) is 11.2. The zero-order chi connectivity index (χ0) is 14.7. The normalized spacial score (nSPS) is 14.2. The van der Waals surface area contributed by atoms with Gasteiger partial charge in [0.1, 0.15) is 0 Å². The molecule has 1 aliphatic rings. The van der Waals surface area contributed by atoms with Crippen LogP contribution in [0.4, 0.5) is 5.95 Å². The molecule has 0 unspecified atom stereocenters. The Labute approximate surface area is 123 Å². The molecule has 1 aromatic carbocycles. The number of hydrogen-bond acceptors (Lipinski definition) is 5. The van der Waals surface area contributed by atoms with Crippen molar-refractivity contribution in [1.29, 1.82) is 0 Å². The second-order valence-corrected chi connectivity index (χ2v) is 6.35. The molecule has 7 heteroatoms. The third kappa shape index (κ3) is 3.09. The van der Waals surface area contributed by atoms with Crippen molar-refractivity contribution in [3.05, 3.63) is 58.8 Å². The predicted octanol–water partition coefficient (Wildman–Crippen LogP) is 1.71. The molecular weight excluding hydrogens is 288 g/mol. The van der Waals surface area contributed by atoms with Gasteiger partial charge in [0, 0.05) is 12.4 Å². The summed E-state index contributed by atoms with van der Waals surface area (Å²) >= 11 is 0. The molecule has 1 aliphatic carbocycles. The molecule has 0 saturated carbocycles. The fourth-order valence-corrected chi connectivity index (χ4v) is 3.17. The van der Waals surface area contributed by atoms with E-state index in [1.807, 2.05) is 24.3 Å². The van der Waals surface area contributed by atoms with E-state index in [0.717, 1.165) is 11.1 Å². The van der Waals surface area contributed by atoms with Crippen molar-refractivity contribution < 1.29 is 8.42 Å². The molecule has 0 amide bonds. The molecule has 0 fully saturated rings. The van der Waals surface area contributed by atoms with E-state index < -0.39 is 10.0 Å². The molecule has 1 heterocycles. The van der Waals surface area contributed by atoms with Gasteiger partial charge in [0.2, 0.25) is 5.95 Å². The lowest BCUT2D eigenvalue weighted by Crippen LogP contribution is -2.32. The van der Waals surface area contributed by atoms with Gasteiger partial charge < -0.3 is 0 Å². The largest absolute Gasteiger partial charge is 0.276 e. The number of allylic oxidation sites excluding steroid dienone is 1. The van der Waals surface area contributed by atoms with Gasteiger partial charge >= 0.3 is 0 Å². The summed E-state index contributed by atoms with van der Waals surface area (Å²) < 4.78 is 24.5. The van der Waals surface area contributed by atoms with Crippen LogP contribution >= 0.6 is 0 Å². The first-order chi connectivity index (χ1) is 10.1. The lowest BCUT2D eigenvalue weighted by Gasteiger charge is -2.17. The lowest BCUT2D eigenvalue weighted by atomic mass is 9.98. The summed E-state index contributed by atoms with van der Waals surface area (Å²) in [5.74, 6) is 0.206. The molecule has 1 aromatic heterocycles. The molecule has 108 valence electrons. The molecule has 0 radical (unpaired) electrons. The second kappa shape index (κ2) is 5.63. The van der Waals surface area contributed by atoms with Gasteiger partial charge in [-0.15, -0.1) is 4.83 Å². The van der Waals surface area contributed by atoms with Crippen LogP contribution < -0.4 is 10.3 Å². The third-order valence-corrected chi connectivity index (χ3v) is 4.60. The highest BCUT2D eigenvalue weighted by molar-refractivity contribution is 7.93. The summed E-state index contributed by atoms with van der Waals surface area (Å²) in [4.78, 5) is 10.4. The Balaban J connectivity index is 1.78. The molecule has 0 atom stereocenters. The number of hydrogen-bond donors (Lipinski definition) is 2. The summed E-state index contributed by atoms with van der Waals surface area (Å²) in [6, 6.07) is 9.43. The van der Waals surface area contributed by atoms with E-state index in [1.165, 1.54) is 12.4 Å². The molecule has 2 N–H and O–H groups in total. The van der Waals surface area contributed by atoms with E-state index in [9.17, 15) is 8.42 Å². The standard InChI is InChI=1S/C14H14N4O2S/c19-21(20,18-17-14-15-8-3-9-16-14)13-7-6-11-4-1-2-5-12(11)10-13/h1-5,8-10,18H,6-7H2,(H,15,16,17). The van der Waals surface area contributed by atoms with Gasteiger partial charge in [-0.2, -0.15) is 0 Å². The summed E-state index contributed by atoms with van der Waals surface area (Å²) in [6.07, 6.45) is 5.95. The van der Waals surface area contributed by atoms with Crippen molar-refractivity contribution in [2.75, 3.05) is 5.43 Å². The number of aryl methyl sites for hydroxylation is 1. The number of rotatable bonds is 4. The molecule has 0 spiro atoms. The highest BCUT2D eigenvalue weighted by atomic mass is 32.2. The minimum atomic E-state index is -3.60. The van der Waals surface area contributed by atoms with Crippen LogP contribution in [0, 0.1) is 0 Å². The van der Waals surface area contributed by atoms with Crippen molar-refractivity contribution in [2.24, 2.45) is 0 Å². The van der Waals surface area contributed by atoms with Gasteiger partial charge in [0.25, 0.3) is 10.0 Å². The molecule has 2 aromatic rings. The van der Waals surface area contributed by atoms with Crippen LogP contribution in [-0.2, 0) is 16.4 Å². The van der Waals surface area contributed by atoms with Crippen molar-refractivity contribution in [3.63, 3.8) is 0 Å². The number of sulfonamides is 1. The van der Waals surface area contributed by atoms with Crippen LogP contribution in [0.2, 0.25) is 0 Å². The minimum Gasteiger partial charge on any atom is -0.276 e. The average Bonchev–Trinajstić information content (AvgIpc) is 2.53. The highest BCUT2D eigenvalue weighted by Crippen LogP contribution is 2.26. The molecule has 0 bridgehead atoms. The zero-order valence-corrected chi connectivity index (χ0v) is 12.0. The van der Waals surface area contributed by atoms with Crippen molar-refractivity contribution in [1.82, 2.24) is 14.8 Å². The van der Waals surface area contributed by atoms with Crippen LogP contribution in [0.5, 0.6) is 0 Å². The molecule has 6 nitrogen and oxygen atoms in total. The molecule has 0 saturated heterocycles. The number of aromatic nitrogens is 2. The first kappa shape index (κ1) is 13.7. The van der Waals surface area contributed by atoms with Crippen LogP contribution in [-0.4, -0.2) is 18.4 Å². The van der Waals surface area contributed by atoms with Gasteiger partial charge in [-0.25, -0.2) is 18.4 Å². The molecule has 3 rings (SSSR count). The topological polar surface area (TPSA) is 84.0 Å². The number of nitrogens with zero attached hydrogens (tertiary/aromatic N) is 2. The number of anilines is 1. The Morgan fingerprint density at radius 1 is 1.00 bits per heavy atom. The van der Waals surface area contributed by atoms with Gasteiger partial charge in [0.15, 0.2) is 0 Å². The average molecular weight is 302 g/mol. The minimum absolute atomic E-state index is 0.206. The maximum atomic E-state index is 12.3. The predicted molar refractivity (Wildman–Crippen MR) is 80.5 cm³/mol. The second-order valence-electron chi connectivity index (χ2n) is 4.61. The van der Waals surface area contributed by atoms with Gasteiger partial charge in [-0.05, 0) is 36.1 Å². The van der Waals surface area contributed by atoms with Crippen LogP contribution in [0.15, 0.2) is 47.6 Å². The first-order valence-corrected chi connectivity index (χ1v) is 7.97. The molecular formula is C14H14N4O2S. The quantitative estimate of drug-likeness (QED) is 0.840. The Hall–Kier alpha value is -2.25. The maximum absolute atomic E-state index is 12.3.